The van der Waals surface area contributed by atoms with Crippen LogP contribution in [-0.4, -0.2) is 41.8 Å². The summed E-state index contributed by atoms with van der Waals surface area (Å²) in [4.78, 5) is 21.3. The van der Waals surface area contributed by atoms with E-state index in [-0.39, 0.29) is 5.91 Å². The van der Waals surface area contributed by atoms with E-state index in [1.54, 1.807) is 5.01 Å². The molecule has 1 fully saturated rings. The first-order valence-corrected chi connectivity index (χ1v) is 4.28. The van der Waals surface area contributed by atoms with Crippen molar-refractivity contribution in [2.75, 3.05) is 19.6 Å². The molecule has 0 bridgehead atoms. The van der Waals surface area contributed by atoms with E-state index in [1.165, 1.54) is 0 Å². The minimum Gasteiger partial charge on any atom is -0.303 e. The summed E-state index contributed by atoms with van der Waals surface area (Å²) in [6.45, 7) is 4.08. The van der Waals surface area contributed by atoms with Gasteiger partial charge in [-0.15, -0.1) is 0 Å². The summed E-state index contributed by atoms with van der Waals surface area (Å²) in [7, 11) is 0. The lowest BCUT2D eigenvalue weighted by Crippen LogP contribution is -2.39. The van der Waals surface area contributed by atoms with Crippen LogP contribution >= 0.6 is 0 Å². The summed E-state index contributed by atoms with van der Waals surface area (Å²) in [5.74, 6) is 0.170. The van der Waals surface area contributed by atoms with E-state index in [9.17, 15) is 9.59 Å². The highest BCUT2D eigenvalue weighted by molar-refractivity contribution is 5.77. The van der Waals surface area contributed by atoms with Crippen molar-refractivity contribution in [3.8, 4) is 0 Å². The highest BCUT2D eigenvalue weighted by Gasteiger charge is 2.26. The van der Waals surface area contributed by atoms with Gasteiger partial charge < -0.3 is 4.79 Å². The zero-order valence-electron chi connectivity index (χ0n) is 7.32. The minimum absolute atomic E-state index is 0.170. The van der Waals surface area contributed by atoms with Gasteiger partial charge in [-0.1, -0.05) is 0 Å². The highest BCUT2D eigenvalue weighted by atomic mass is 16.2. The van der Waals surface area contributed by atoms with Gasteiger partial charge in [-0.05, 0) is 6.92 Å². The largest absolute Gasteiger partial charge is 0.303 e. The van der Waals surface area contributed by atoms with Gasteiger partial charge in [0.15, 0.2) is 0 Å². The molecule has 0 aliphatic carbocycles. The molecule has 0 aromatic carbocycles. The number of hydrogen-bond acceptors (Lipinski definition) is 3. The molecule has 0 aromatic rings. The number of carbonyl (C=O) groups excluding carboxylic acids is 2. The monoisotopic (exact) mass is 170 g/mol. The van der Waals surface area contributed by atoms with Crippen molar-refractivity contribution in [3.63, 3.8) is 0 Å². The molecule has 1 aliphatic heterocycles. The Morgan fingerprint density at radius 1 is 1.58 bits per heavy atom. The van der Waals surface area contributed by atoms with Crippen LogP contribution in [0.5, 0.6) is 0 Å². The summed E-state index contributed by atoms with van der Waals surface area (Å²) in [6, 6.07) is 0. The Morgan fingerprint density at radius 3 is 2.92 bits per heavy atom. The van der Waals surface area contributed by atoms with E-state index in [4.69, 9.17) is 0 Å². The van der Waals surface area contributed by atoms with Crippen molar-refractivity contribution in [2.24, 2.45) is 0 Å². The van der Waals surface area contributed by atoms with Gasteiger partial charge >= 0.3 is 0 Å². The summed E-state index contributed by atoms with van der Waals surface area (Å²) in [6.07, 6.45) is 1.98. The average Bonchev–Trinajstić information content (AvgIpc) is 2.43. The van der Waals surface area contributed by atoms with Gasteiger partial charge in [0.25, 0.3) is 0 Å². The maximum atomic E-state index is 11.2. The molecule has 1 rings (SSSR count). The van der Waals surface area contributed by atoms with Crippen LogP contribution in [0.3, 0.4) is 0 Å². The predicted molar refractivity (Wildman–Crippen MR) is 44.3 cm³/mol. The number of carbonyl (C=O) groups is 2. The van der Waals surface area contributed by atoms with E-state index < -0.39 is 0 Å². The third-order valence-corrected chi connectivity index (χ3v) is 2.02. The van der Waals surface area contributed by atoms with Gasteiger partial charge in [-0.25, -0.2) is 5.01 Å². The summed E-state index contributed by atoms with van der Waals surface area (Å²) >= 11 is 0. The molecular formula is C8H14N2O2. The van der Waals surface area contributed by atoms with Crippen LogP contribution in [0.15, 0.2) is 0 Å². The fourth-order valence-electron chi connectivity index (χ4n) is 1.44. The number of rotatable bonds is 4. The van der Waals surface area contributed by atoms with Crippen molar-refractivity contribution in [3.05, 3.63) is 0 Å². The van der Waals surface area contributed by atoms with Crippen LogP contribution in [-0.2, 0) is 9.59 Å². The molecule has 1 aliphatic rings. The van der Waals surface area contributed by atoms with E-state index in [0.717, 1.165) is 12.8 Å². The standard InChI is InChI=1S/C8H14N2O2/c1-2-10-8(12)4-6-9(10)5-3-7-11/h7H,2-6H2,1H3. The van der Waals surface area contributed by atoms with Gasteiger partial charge in [-0.3, -0.25) is 9.80 Å². The molecule has 0 saturated carbocycles. The van der Waals surface area contributed by atoms with E-state index >= 15 is 0 Å². The van der Waals surface area contributed by atoms with Crippen molar-refractivity contribution >= 4 is 12.2 Å². The number of amides is 1. The first-order valence-electron chi connectivity index (χ1n) is 4.28. The fourth-order valence-corrected chi connectivity index (χ4v) is 1.44. The third kappa shape index (κ3) is 1.82. The number of hydrogen-bond donors (Lipinski definition) is 0. The van der Waals surface area contributed by atoms with Gasteiger partial charge in [0, 0.05) is 32.5 Å². The first kappa shape index (κ1) is 9.19. The maximum absolute atomic E-state index is 11.2. The van der Waals surface area contributed by atoms with Crippen molar-refractivity contribution in [1.29, 1.82) is 0 Å². The molecular weight excluding hydrogens is 156 g/mol. The molecule has 0 aromatic heterocycles. The fraction of sp³-hybridized carbons (Fsp3) is 0.750. The minimum atomic E-state index is 0.170. The van der Waals surface area contributed by atoms with Crippen molar-refractivity contribution in [2.45, 2.75) is 19.8 Å². The molecule has 12 heavy (non-hydrogen) atoms. The Bertz CT molecular complexity index is 182. The summed E-state index contributed by atoms with van der Waals surface area (Å²) in [5.41, 5.74) is 0. The average molecular weight is 170 g/mol. The molecule has 0 atom stereocenters. The van der Waals surface area contributed by atoms with Gasteiger partial charge in [-0.2, -0.15) is 0 Å². The lowest BCUT2D eigenvalue weighted by atomic mass is 10.4. The number of nitrogens with zero attached hydrogens (tertiary/aromatic N) is 2. The zero-order chi connectivity index (χ0) is 8.97. The Labute approximate surface area is 72.1 Å². The molecule has 1 saturated heterocycles. The molecule has 1 amide bonds. The van der Waals surface area contributed by atoms with E-state index in [0.29, 0.717) is 25.9 Å². The Kier molecular flexibility index (Phi) is 3.22. The third-order valence-electron chi connectivity index (χ3n) is 2.02. The predicted octanol–water partition coefficient (Wildman–Crippen LogP) is 0.0446. The van der Waals surface area contributed by atoms with Crippen LogP contribution in [0, 0.1) is 0 Å². The topological polar surface area (TPSA) is 40.6 Å². The molecule has 4 nitrogen and oxygen atoms in total. The highest BCUT2D eigenvalue weighted by Crippen LogP contribution is 2.10. The van der Waals surface area contributed by atoms with Crippen LogP contribution in [0.25, 0.3) is 0 Å². The SMILES string of the molecule is CCN1C(=O)CCN1CCC=O. The summed E-state index contributed by atoms with van der Waals surface area (Å²) in [5, 5.41) is 3.65. The quantitative estimate of drug-likeness (QED) is 0.559. The van der Waals surface area contributed by atoms with E-state index in [1.807, 2.05) is 11.9 Å². The molecule has 68 valence electrons. The second-order valence-electron chi connectivity index (χ2n) is 2.77. The lowest BCUT2D eigenvalue weighted by Gasteiger charge is -2.25. The molecule has 1 heterocycles. The van der Waals surface area contributed by atoms with E-state index in [2.05, 4.69) is 0 Å². The molecule has 4 heteroatoms. The second-order valence-corrected chi connectivity index (χ2v) is 2.77. The van der Waals surface area contributed by atoms with Gasteiger partial charge in [0.1, 0.15) is 6.29 Å². The molecule has 0 N–H and O–H groups in total. The van der Waals surface area contributed by atoms with Gasteiger partial charge in [0.05, 0.1) is 0 Å². The van der Waals surface area contributed by atoms with Crippen LogP contribution in [0.4, 0.5) is 0 Å². The zero-order valence-corrected chi connectivity index (χ0v) is 7.32. The molecule has 0 spiro atoms. The maximum Gasteiger partial charge on any atom is 0.238 e. The normalized spacial score (nSPS) is 18.8. The first-order chi connectivity index (χ1) is 5.79. The molecule has 0 unspecified atom stereocenters. The van der Waals surface area contributed by atoms with Crippen LogP contribution in [0.1, 0.15) is 19.8 Å². The smallest absolute Gasteiger partial charge is 0.238 e. The van der Waals surface area contributed by atoms with Crippen LogP contribution in [0.2, 0.25) is 0 Å². The number of hydrazine groups is 1. The van der Waals surface area contributed by atoms with Crippen molar-refractivity contribution < 1.29 is 9.59 Å². The van der Waals surface area contributed by atoms with Crippen LogP contribution < -0.4 is 0 Å². The van der Waals surface area contributed by atoms with Crippen molar-refractivity contribution in [1.82, 2.24) is 10.0 Å². The number of aldehydes is 1. The molecule has 0 radical (unpaired) electrons. The van der Waals surface area contributed by atoms with Gasteiger partial charge in [0.2, 0.25) is 5.91 Å². The Hall–Kier alpha value is -0.900. The Morgan fingerprint density at radius 2 is 2.33 bits per heavy atom. The lowest BCUT2D eigenvalue weighted by molar-refractivity contribution is -0.137. The summed E-state index contributed by atoms with van der Waals surface area (Å²) < 4.78 is 0. The second kappa shape index (κ2) is 4.21. The Balaban J connectivity index is 2.42.